The normalized spacial score (nSPS) is 16.3. The summed E-state index contributed by atoms with van der Waals surface area (Å²) in [6.45, 7) is 7.34. The van der Waals surface area contributed by atoms with Crippen molar-refractivity contribution in [1.82, 2.24) is 19.6 Å². The third kappa shape index (κ3) is 7.73. The maximum atomic E-state index is 12.9. The molecule has 2 aromatic rings. The van der Waals surface area contributed by atoms with Crippen LogP contribution in [0.3, 0.4) is 0 Å². The van der Waals surface area contributed by atoms with Crippen molar-refractivity contribution in [2.75, 3.05) is 48.3 Å². The second kappa shape index (κ2) is 12.7. The predicted molar refractivity (Wildman–Crippen MR) is 155 cm³/mol. The Morgan fingerprint density at radius 3 is 2.57 bits per heavy atom. The zero-order valence-corrected chi connectivity index (χ0v) is 24.5. The molecule has 1 fully saturated rings. The van der Waals surface area contributed by atoms with Gasteiger partial charge in [0.15, 0.2) is 0 Å². The number of piperazine rings is 1. The van der Waals surface area contributed by atoms with Crippen molar-refractivity contribution in [1.29, 1.82) is 0 Å². The fourth-order valence-corrected chi connectivity index (χ4v) is 5.53. The molecule has 15 heteroatoms. The number of fused-ring (bicyclic) bond motifs is 1. The highest BCUT2D eigenvalue weighted by Crippen LogP contribution is 2.36. The van der Waals surface area contributed by atoms with Gasteiger partial charge in [-0.25, -0.2) is 27.9 Å². The number of nitrogens with zero attached hydrogens (tertiary/aromatic N) is 4. The number of benzene rings is 1. The lowest BCUT2D eigenvalue weighted by Gasteiger charge is -2.36. The predicted octanol–water partition coefficient (Wildman–Crippen LogP) is 2.47. The van der Waals surface area contributed by atoms with Gasteiger partial charge in [0, 0.05) is 51.0 Å². The summed E-state index contributed by atoms with van der Waals surface area (Å²) >= 11 is 0. The van der Waals surface area contributed by atoms with Crippen LogP contribution in [0.2, 0.25) is 0 Å². The number of amides is 2. The summed E-state index contributed by atoms with van der Waals surface area (Å²) in [5.41, 5.74) is 0.624. The van der Waals surface area contributed by atoms with Gasteiger partial charge in [-0.2, -0.15) is 0 Å². The van der Waals surface area contributed by atoms with Crippen molar-refractivity contribution < 1.29 is 32.6 Å². The number of nitrogens with one attached hydrogen (secondary N) is 3. The molecule has 14 nitrogen and oxygen atoms in total. The summed E-state index contributed by atoms with van der Waals surface area (Å²) in [6, 6.07) is 6.11. The molecule has 2 amide bonds. The Morgan fingerprint density at radius 2 is 1.88 bits per heavy atom. The molecule has 0 spiro atoms. The summed E-state index contributed by atoms with van der Waals surface area (Å²) in [7, 11) is -3.82. The minimum atomic E-state index is -3.82. The highest BCUT2D eigenvalue weighted by atomic mass is 32.2. The number of carbonyl (C=O) groups excluding carboxylic acids is 2. The van der Waals surface area contributed by atoms with E-state index in [9.17, 15) is 22.8 Å². The Hall–Kier alpha value is -4.24. The fourth-order valence-electron chi connectivity index (χ4n) is 4.41. The maximum absolute atomic E-state index is 12.9. The lowest BCUT2D eigenvalue weighted by molar-refractivity contribution is -0.137. The first-order valence-electron chi connectivity index (χ1n) is 13.5. The van der Waals surface area contributed by atoms with Crippen molar-refractivity contribution in [3.8, 4) is 0 Å². The van der Waals surface area contributed by atoms with Gasteiger partial charge >= 0.3 is 12.1 Å². The van der Waals surface area contributed by atoms with E-state index >= 15 is 0 Å². The Morgan fingerprint density at radius 1 is 1.14 bits per heavy atom. The van der Waals surface area contributed by atoms with Crippen LogP contribution in [0.1, 0.15) is 45.6 Å². The van der Waals surface area contributed by atoms with Gasteiger partial charge in [-0.15, -0.1) is 0 Å². The lowest BCUT2D eigenvalue weighted by atomic mass is 10.1. The van der Waals surface area contributed by atoms with Crippen LogP contribution in [0.4, 0.5) is 22.1 Å². The third-order valence-corrected chi connectivity index (χ3v) is 7.90. The number of hydrogen-bond donors (Lipinski definition) is 4. The third-order valence-electron chi connectivity index (χ3n) is 6.44. The quantitative estimate of drug-likeness (QED) is 0.232. The summed E-state index contributed by atoms with van der Waals surface area (Å²) in [6.07, 6.45) is 3.20. The number of rotatable bonds is 10. The lowest BCUT2D eigenvalue weighted by Crippen LogP contribution is -2.50. The average Bonchev–Trinajstić information content (AvgIpc) is 3.25. The topological polar surface area (TPSA) is 183 Å². The number of unbranched alkanes of at least 4 members (excludes halogenated alkanes) is 1. The van der Waals surface area contributed by atoms with Crippen LogP contribution in [-0.2, 0) is 24.3 Å². The largest absolute Gasteiger partial charge is 0.481 e. The molecular formula is C27H35N7O7S. The molecule has 2 aliphatic rings. The van der Waals surface area contributed by atoms with Crippen molar-refractivity contribution in [2.24, 2.45) is 0 Å². The number of aromatic nitrogens is 2. The molecular weight excluding hydrogens is 566 g/mol. The average molecular weight is 602 g/mol. The van der Waals surface area contributed by atoms with Gasteiger partial charge in [0.25, 0.3) is 5.91 Å². The molecule has 0 radical (unpaired) electrons. The summed E-state index contributed by atoms with van der Waals surface area (Å²) in [5, 5.41) is 14.5. The summed E-state index contributed by atoms with van der Waals surface area (Å²) in [5.74, 6) is -0.420. The number of anilines is 3. The number of carboxylic acid groups (broad SMARTS) is 1. The molecule has 42 heavy (non-hydrogen) atoms. The Balaban J connectivity index is 1.46. The van der Waals surface area contributed by atoms with E-state index in [4.69, 9.17) is 9.84 Å². The van der Waals surface area contributed by atoms with E-state index in [2.05, 4.69) is 25.3 Å². The number of sulfonamides is 1. The molecule has 1 saturated heterocycles. The van der Waals surface area contributed by atoms with Gasteiger partial charge in [-0.1, -0.05) is 6.07 Å². The molecule has 1 aromatic heterocycles. The molecule has 1 aromatic carbocycles. The van der Waals surface area contributed by atoms with E-state index in [-0.39, 0.29) is 29.5 Å². The number of carbonyl (C=O) groups is 3. The Labute approximate surface area is 244 Å². The highest BCUT2D eigenvalue weighted by molar-refractivity contribution is 7.89. The van der Waals surface area contributed by atoms with Crippen LogP contribution in [-0.4, -0.2) is 84.7 Å². The smallest absolute Gasteiger partial charge is 0.410 e. The minimum absolute atomic E-state index is 0.0206. The SMILES string of the molecule is CC(C)(C)OC(=O)N1CCN(c2ncnc3c2/C(=C/Nc2cccc(S(=O)(=O)NCCCCC(=O)O)c2)C(=O)N3)CC1. The zero-order chi connectivity index (χ0) is 30.5. The van der Waals surface area contributed by atoms with Crippen LogP contribution >= 0.6 is 0 Å². The second-order valence-electron chi connectivity index (χ2n) is 10.8. The van der Waals surface area contributed by atoms with E-state index in [0.717, 1.165) is 0 Å². The standard InChI is InChI=1S/C27H35N7O7S/c1-27(2,3)41-26(38)34-13-11-33(12-14-34)24-22-20(25(37)32-23(22)29-17-30-24)16-28-18-7-6-8-19(15-18)42(39,40)31-10-5-4-9-21(35)36/h6-8,15-17,28,31H,4-5,9-14H2,1-3H3,(H,35,36)(H,29,30,32,37)/b20-16-. The van der Waals surface area contributed by atoms with Crippen LogP contribution in [0.5, 0.6) is 0 Å². The molecule has 226 valence electrons. The summed E-state index contributed by atoms with van der Waals surface area (Å²) in [4.78, 5) is 48.3. The van der Waals surface area contributed by atoms with Gasteiger partial charge in [-0.3, -0.25) is 9.59 Å². The van der Waals surface area contributed by atoms with Crippen molar-refractivity contribution in [3.05, 3.63) is 42.4 Å². The van der Waals surface area contributed by atoms with Crippen LogP contribution in [0.25, 0.3) is 5.57 Å². The van der Waals surface area contributed by atoms with Gasteiger partial charge in [0.05, 0.1) is 16.0 Å². The van der Waals surface area contributed by atoms with E-state index in [1.807, 2.05) is 25.7 Å². The second-order valence-corrected chi connectivity index (χ2v) is 12.6. The van der Waals surface area contributed by atoms with E-state index in [0.29, 0.717) is 61.9 Å². The highest BCUT2D eigenvalue weighted by Gasteiger charge is 2.33. The molecule has 2 aliphatic heterocycles. The van der Waals surface area contributed by atoms with Crippen molar-refractivity contribution >= 4 is 50.9 Å². The maximum Gasteiger partial charge on any atom is 0.410 e. The molecule has 0 saturated carbocycles. The first kappa shape index (κ1) is 30.7. The zero-order valence-electron chi connectivity index (χ0n) is 23.7. The summed E-state index contributed by atoms with van der Waals surface area (Å²) < 4.78 is 33.4. The van der Waals surface area contributed by atoms with Gasteiger partial charge < -0.3 is 30.3 Å². The van der Waals surface area contributed by atoms with Crippen molar-refractivity contribution in [2.45, 2.75) is 50.5 Å². The number of carboxylic acids is 1. The number of hydrogen-bond acceptors (Lipinski definition) is 10. The first-order chi connectivity index (χ1) is 19.8. The van der Waals surface area contributed by atoms with E-state index < -0.39 is 27.5 Å². The van der Waals surface area contributed by atoms with Crippen LogP contribution in [0, 0.1) is 0 Å². The van der Waals surface area contributed by atoms with Gasteiger partial charge in [0.2, 0.25) is 10.0 Å². The number of ether oxygens (including phenoxy) is 1. The Kier molecular flexibility index (Phi) is 9.31. The van der Waals surface area contributed by atoms with Gasteiger partial charge in [-0.05, 0) is 51.8 Å². The molecule has 4 N–H and O–H groups in total. The molecule has 0 aliphatic carbocycles. The van der Waals surface area contributed by atoms with Gasteiger partial charge in [0.1, 0.15) is 23.6 Å². The minimum Gasteiger partial charge on any atom is -0.481 e. The van der Waals surface area contributed by atoms with Crippen LogP contribution in [0.15, 0.2) is 41.7 Å². The number of aliphatic carboxylic acids is 1. The molecule has 0 bridgehead atoms. The van der Waals surface area contributed by atoms with E-state index in [1.165, 1.54) is 24.7 Å². The monoisotopic (exact) mass is 601 g/mol. The Bertz CT molecular complexity index is 1480. The molecule has 3 heterocycles. The van der Waals surface area contributed by atoms with E-state index in [1.54, 1.807) is 17.0 Å². The molecule has 0 atom stereocenters. The molecule has 0 unspecified atom stereocenters. The fraction of sp³-hybridized carbons (Fsp3) is 0.444. The van der Waals surface area contributed by atoms with Crippen molar-refractivity contribution in [3.63, 3.8) is 0 Å². The van der Waals surface area contributed by atoms with Crippen LogP contribution < -0.4 is 20.3 Å². The molecule has 4 rings (SSSR count). The first-order valence-corrected chi connectivity index (χ1v) is 15.0.